The van der Waals surface area contributed by atoms with E-state index in [4.69, 9.17) is 9.47 Å². The minimum Gasteiger partial charge on any atom is -0.460 e. The van der Waals surface area contributed by atoms with Gasteiger partial charge in [-0.05, 0) is 19.1 Å². The van der Waals surface area contributed by atoms with E-state index in [0.717, 1.165) is 0 Å². The van der Waals surface area contributed by atoms with Crippen molar-refractivity contribution in [2.75, 3.05) is 19.8 Å². The molecule has 4 nitrogen and oxygen atoms in total. The summed E-state index contributed by atoms with van der Waals surface area (Å²) in [7, 11) is 0. The Hall–Kier alpha value is -1.68. The number of ketones is 1. The summed E-state index contributed by atoms with van der Waals surface area (Å²) in [6.07, 6.45) is 0.456. The normalized spacial score (nSPS) is 10.1. The highest BCUT2D eigenvalue weighted by Crippen LogP contribution is 2.08. The van der Waals surface area contributed by atoms with Crippen LogP contribution in [-0.2, 0) is 9.47 Å². The molecule has 0 bridgehead atoms. The molecule has 0 amide bonds. The number of benzene rings is 1. The maximum absolute atomic E-state index is 11.6. The molecule has 1 rings (SSSR count). The van der Waals surface area contributed by atoms with E-state index in [9.17, 15) is 9.59 Å². The summed E-state index contributed by atoms with van der Waals surface area (Å²) in [6.45, 7) is 4.92. The van der Waals surface area contributed by atoms with Crippen molar-refractivity contribution in [3.05, 3.63) is 35.4 Å². The highest BCUT2D eigenvalue weighted by molar-refractivity contribution is 5.97. The Morgan fingerprint density at radius 2 is 1.61 bits per heavy atom. The molecule has 0 saturated heterocycles. The molecule has 0 spiro atoms. The van der Waals surface area contributed by atoms with Crippen LogP contribution >= 0.6 is 0 Å². The molecule has 1 aromatic carbocycles. The topological polar surface area (TPSA) is 52.6 Å². The number of carbonyl (C=O) groups excluding carboxylic acids is 2. The molecule has 18 heavy (non-hydrogen) atoms. The van der Waals surface area contributed by atoms with Crippen molar-refractivity contribution in [2.45, 2.75) is 20.3 Å². The predicted molar refractivity (Wildman–Crippen MR) is 67.8 cm³/mol. The highest BCUT2D eigenvalue weighted by Gasteiger charge is 2.08. The lowest BCUT2D eigenvalue weighted by Gasteiger charge is -2.05. The van der Waals surface area contributed by atoms with Crippen molar-refractivity contribution < 1.29 is 19.1 Å². The van der Waals surface area contributed by atoms with E-state index < -0.39 is 5.97 Å². The largest absolute Gasteiger partial charge is 0.460 e. The fourth-order valence-electron chi connectivity index (χ4n) is 1.42. The van der Waals surface area contributed by atoms with Crippen LogP contribution in [0.3, 0.4) is 0 Å². The van der Waals surface area contributed by atoms with Gasteiger partial charge in [0.2, 0.25) is 0 Å². The zero-order valence-electron chi connectivity index (χ0n) is 10.8. The third-order valence-electron chi connectivity index (χ3n) is 2.43. The molecule has 0 unspecified atom stereocenters. The van der Waals surface area contributed by atoms with E-state index in [1.807, 2.05) is 6.92 Å². The number of esters is 1. The second kappa shape index (κ2) is 7.61. The zero-order valence-corrected chi connectivity index (χ0v) is 10.8. The summed E-state index contributed by atoms with van der Waals surface area (Å²) in [4.78, 5) is 23.0. The first-order chi connectivity index (χ1) is 8.69. The van der Waals surface area contributed by atoms with Crippen molar-refractivity contribution in [2.24, 2.45) is 0 Å². The van der Waals surface area contributed by atoms with Crippen LogP contribution in [0.2, 0.25) is 0 Å². The Morgan fingerprint density at radius 3 is 2.17 bits per heavy atom. The maximum atomic E-state index is 11.6. The Balaban J connectivity index is 2.51. The van der Waals surface area contributed by atoms with Gasteiger partial charge >= 0.3 is 5.97 Å². The molecule has 0 radical (unpaired) electrons. The lowest BCUT2D eigenvalue weighted by Crippen LogP contribution is -2.11. The van der Waals surface area contributed by atoms with Crippen molar-refractivity contribution in [1.82, 2.24) is 0 Å². The highest BCUT2D eigenvalue weighted by atomic mass is 16.6. The monoisotopic (exact) mass is 250 g/mol. The standard InChI is InChI=1S/C14H18O4/c1-3-13(15)11-5-7-12(8-6-11)14(16)18-10-9-17-4-2/h5-8H,3-4,9-10H2,1-2H3. The SMILES string of the molecule is CCOCCOC(=O)c1ccc(C(=O)CC)cc1. The molecule has 0 aliphatic carbocycles. The van der Waals surface area contributed by atoms with Gasteiger partial charge in [0.25, 0.3) is 0 Å². The van der Waals surface area contributed by atoms with Crippen molar-refractivity contribution in [3.63, 3.8) is 0 Å². The van der Waals surface area contributed by atoms with Gasteiger partial charge in [-0.2, -0.15) is 0 Å². The molecule has 4 heteroatoms. The quantitative estimate of drug-likeness (QED) is 0.424. The molecule has 0 fully saturated rings. The van der Waals surface area contributed by atoms with E-state index >= 15 is 0 Å². The summed E-state index contributed by atoms with van der Waals surface area (Å²) in [5.41, 5.74) is 1.06. The van der Waals surface area contributed by atoms with Gasteiger partial charge in [0.1, 0.15) is 6.61 Å². The molecule has 0 aromatic heterocycles. The van der Waals surface area contributed by atoms with Gasteiger partial charge in [-0.1, -0.05) is 19.1 Å². The van der Waals surface area contributed by atoms with Crippen LogP contribution in [0.4, 0.5) is 0 Å². The Bertz CT molecular complexity index is 395. The van der Waals surface area contributed by atoms with E-state index in [-0.39, 0.29) is 12.4 Å². The number of carbonyl (C=O) groups is 2. The maximum Gasteiger partial charge on any atom is 0.338 e. The van der Waals surface area contributed by atoms with Crippen LogP contribution in [0.1, 0.15) is 41.0 Å². The van der Waals surface area contributed by atoms with Gasteiger partial charge in [-0.15, -0.1) is 0 Å². The summed E-state index contributed by atoms with van der Waals surface area (Å²) in [5.74, 6) is -0.337. The predicted octanol–water partition coefficient (Wildman–Crippen LogP) is 2.47. The Kier molecular flexibility index (Phi) is 6.08. The smallest absolute Gasteiger partial charge is 0.338 e. The lowest BCUT2D eigenvalue weighted by molar-refractivity contribution is 0.0335. The van der Waals surface area contributed by atoms with Gasteiger partial charge < -0.3 is 9.47 Å². The van der Waals surface area contributed by atoms with Gasteiger partial charge in [0.05, 0.1) is 12.2 Å². The third kappa shape index (κ3) is 4.30. The molecule has 0 atom stereocenters. The fourth-order valence-corrected chi connectivity index (χ4v) is 1.42. The molecule has 0 N–H and O–H groups in total. The molecule has 0 aliphatic rings. The van der Waals surface area contributed by atoms with Crippen LogP contribution in [0.25, 0.3) is 0 Å². The third-order valence-corrected chi connectivity index (χ3v) is 2.43. The number of hydrogen-bond acceptors (Lipinski definition) is 4. The van der Waals surface area contributed by atoms with Crippen molar-refractivity contribution in [3.8, 4) is 0 Å². The molecule has 1 aromatic rings. The summed E-state index contributed by atoms with van der Waals surface area (Å²) in [6, 6.07) is 6.49. The van der Waals surface area contributed by atoms with Crippen LogP contribution in [0.5, 0.6) is 0 Å². The summed E-state index contributed by atoms with van der Waals surface area (Å²) < 4.78 is 10.1. The second-order valence-electron chi connectivity index (χ2n) is 3.69. The van der Waals surface area contributed by atoms with Crippen molar-refractivity contribution >= 4 is 11.8 Å². The summed E-state index contributed by atoms with van der Waals surface area (Å²) >= 11 is 0. The first-order valence-corrected chi connectivity index (χ1v) is 6.07. The molecule has 0 aliphatic heterocycles. The molecular formula is C14H18O4. The van der Waals surface area contributed by atoms with E-state index in [0.29, 0.717) is 30.8 Å². The average molecular weight is 250 g/mol. The van der Waals surface area contributed by atoms with Gasteiger partial charge in [0, 0.05) is 18.6 Å². The Labute approximate surface area is 107 Å². The molecule has 98 valence electrons. The molecule has 0 heterocycles. The Morgan fingerprint density at radius 1 is 1.00 bits per heavy atom. The number of ether oxygens (including phenoxy) is 2. The number of Topliss-reactive ketones (excluding diaryl/α,β-unsaturated/α-hetero) is 1. The van der Waals surface area contributed by atoms with E-state index in [1.54, 1.807) is 31.2 Å². The zero-order chi connectivity index (χ0) is 13.4. The van der Waals surface area contributed by atoms with Crippen molar-refractivity contribution in [1.29, 1.82) is 0 Å². The molecular weight excluding hydrogens is 232 g/mol. The van der Waals surface area contributed by atoms with E-state index in [1.165, 1.54) is 0 Å². The summed E-state index contributed by atoms with van der Waals surface area (Å²) in [5, 5.41) is 0. The van der Waals surface area contributed by atoms with Crippen LogP contribution in [0.15, 0.2) is 24.3 Å². The number of rotatable bonds is 7. The van der Waals surface area contributed by atoms with Gasteiger partial charge in [-0.3, -0.25) is 4.79 Å². The molecule has 0 saturated carbocycles. The first kappa shape index (κ1) is 14.4. The van der Waals surface area contributed by atoms with E-state index in [2.05, 4.69) is 0 Å². The first-order valence-electron chi connectivity index (χ1n) is 6.07. The van der Waals surface area contributed by atoms with Crippen LogP contribution in [-0.4, -0.2) is 31.6 Å². The van der Waals surface area contributed by atoms with Crippen LogP contribution < -0.4 is 0 Å². The minimum absolute atomic E-state index is 0.0614. The second-order valence-corrected chi connectivity index (χ2v) is 3.69. The fraction of sp³-hybridized carbons (Fsp3) is 0.429. The van der Waals surface area contributed by atoms with Crippen LogP contribution in [0, 0.1) is 0 Å². The van der Waals surface area contributed by atoms with Gasteiger partial charge in [-0.25, -0.2) is 4.79 Å². The lowest BCUT2D eigenvalue weighted by atomic mass is 10.1. The van der Waals surface area contributed by atoms with Gasteiger partial charge in [0.15, 0.2) is 5.78 Å². The average Bonchev–Trinajstić information content (AvgIpc) is 2.42. The minimum atomic E-state index is -0.398. The number of hydrogen-bond donors (Lipinski definition) is 0.